The number of nitrogen functional groups attached to an aromatic ring is 2. The molecular weight excluding hydrogens is 679 g/mol. The molecule has 2 aliphatic heterocycles. The number of anilines is 2. The molecule has 2 aliphatic rings. The predicted octanol–water partition coefficient (Wildman–Crippen LogP) is 0.769. The first-order valence-corrected chi connectivity index (χ1v) is 16.1. The van der Waals surface area contributed by atoms with E-state index in [4.69, 9.17) is 46.8 Å². The summed E-state index contributed by atoms with van der Waals surface area (Å²) >= 11 is 3.96. The van der Waals surface area contributed by atoms with E-state index in [1.165, 1.54) is 10.9 Å². The molecule has 2 saturated heterocycles. The molecule has 0 aromatic carbocycles. The number of hydrogen-bond acceptors (Lipinski definition) is 17. The minimum atomic E-state index is -4.66. The van der Waals surface area contributed by atoms with Gasteiger partial charge in [0.05, 0.1) is 31.8 Å². The van der Waals surface area contributed by atoms with Crippen LogP contribution in [-0.4, -0.2) is 103 Å². The number of H-pyrrole nitrogens is 1. The molecule has 46 heavy (non-hydrogen) atoms. The van der Waals surface area contributed by atoms with E-state index in [-0.39, 0.29) is 46.6 Å². The van der Waals surface area contributed by atoms with Crippen molar-refractivity contribution in [1.29, 1.82) is 0 Å². The second kappa shape index (κ2) is 13.2. The maximum Gasteiger partial charge on any atom is 0.327 e. The quantitative estimate of drug-likeness (QED) is 0.0689. The average molecular weight is 702 g/mol. The number of thiol groups is 1. The third-order valence-corrected chi connectivity index (χ3v) is 8.70. The van der Waals surface area contributed by atoms with E-state index < -0.39 is 77.5 Å². The maximum absolute atomic E-state index is 16.0. The summed E-state index contributed by atoms with van der Waals surface area (Å²) in [6.07, 6.45) is -9.21. The van der Waals surface area contributed by atoms with Crippen LogP contribution in [0, 0.1) is 0 Å². The third kappa shape index (κ3) is 6.14. The molecular formula is C21H23BF2N10O9P2S. The zero-order chi connectivity index (χ0) is 32.7. The molecule has 0 bridgehead atoms. The van der Waals surface area contributed by atoms with E-state index in [9.17, 15) is 13.9 Å². The number of aromatic amines is 1. The molecule has 0 aliphatic carbocycles. The summed E-state index contributed by atoms with van der Waals surface area (Å²) in [6, 6.07) is 0. The van der Waals surface area contributed by atoms with Crippen LogP contribution in [0.15, 0.2) is 23.8 Å². The molecule has 1 unspecified atom stereocenters. The maximum atomic E-state index is 16.0. The zero-order valence-corrected chi connectivity index (χ0v) is 25.8. The number of nitrogens with two attached hydrogens (primary N) is 2. The van der Waals surface area contributed by atoms with Crippen LogP contribution in [0.5, 0.6) is 0 Å². The SMILES string of the molecule is [B]P(=O)(OC[C@H]1O[C@@H](n2cnc3c(N)ncnc32)[C@H](F)[C@@H]1OP=O)O[C@H]1[C@@H](F)[C@H](n2cnc3c(=O)[nH]c(N)nc32)O[C@@H]1COCS. The number of imidazole rings is 2. The second-order valence-electron chi connectivity index (χ2n) is 9.93. The van der Waals surface area contributed by atoms with E-state index in [0.717, 1.165) is 17.2 Å². The van der Waals surface area contributed by atoms with Gasteiger partial charge in [-0.3, -0.25) is 28.0 Å². The van der Waals surface area contributed by atoms with Gasteiger partial charge in [0.2, 0.25) is 13.5 Å². The number of aromatic nitrogens is 8. The monoisotopic (exact) mass is 702 g/mol. The Balaban J connectivity index is 1.19. The number of nitrogens with zero attached hydrogens (tertiary/aromatic N) is 7. The lowest BCUT2D eigenvalue weighted by Gasteiger charge is -2.25. The van der Waals surface area contributed by atoms with Crippen LogP contribution in [0.1, 0.15) is 12.5 Å². The Bertz CT molecular complexity index is 1860. The Kier molecular flexibility index (Phi) is 9.39. The van der Waals surface area contributed by atoms with Gasteiger partial charge in [-0.1, -0.05) is 0 Å². The van der Waals surface area contributed by atoms with Crippen molar-refractivity contribution in [1.82, 2.24) is 39.0 Å². The van der Waals surface area contributed by atoms with Crippen LogP contribution in [0.4, 0.5) is 20.5 Å². The van der Waals surface area contributed by atoms with E-state index in [1.807, 2.05) is 0 Å². The molecule has 25 heteroatoms. The van der Waals surface area contributed by atoms with Gasteiger partial charge in [0, 0.05) is 0 Å². The molecule has 6 rings (SSSR count). The van der Waals surface area contributed by atoms with Crippen molar-refractivity contribution in [2.24, 2.45) is 0 Å². The highest BCUT2D eigenvalue weighted by Gasteiger charge is 2.51. The molecule has 9 atom stereocenters. The fourth-order valence-corrected chi connectivity index (χ4v) is 6.60. The standard InChI is InChI=1S/C21H23BF2N10O9P2S/c22-45(37,39-2-8-13(42-44-36)9(23)19(41-8)33-4-29-11-15(25)27-3-28-16(11)33)43-14-7(1-38-6-46)40-20(10(14)24)34-5-30-12-17(34)31-21(26)32-18(12)35/h3-5,7-10,13-14,19-20,46H,1-2,6H2,(H2,25,27,28)(H3,26,31,32,35)/t7-,8-,9-,10-,13-,14-,19-,20-,45?/m1/s1. The molecule has 244 valence electrons. The first-order chi connectivity index (χ1) is 22.0. The van der Waals surface area contributed by atoms with E-state index in [1.54, 1.807) is 0 Å². The molecule has 0 amide bonds. The summed E-state index contributed by atoms with van der Waals surface area (Å²) in [4.78, 5) is 34.4. The van der Waals surface area contributed by atoms with Crippen LogP contribution in [0.2, 0.25) is 0 Å². The fraction of sp³-hybridized carbons (Fsp3) is 0.524. The smallest absolute Gasteiger partial charge is 0.327 e. The molecule has 4 aromatic heterocycles. The molecule has 4 aromatic rings. The summed E-state index contributed by atoms with van der Waals surface area (Å²) in [5.41, 5.74) is 10.9. The van der Waals surface area contributed by atoms with Crippen LogP contribution in [0.25, 0.3) is 22.3 Å². The molecule has 0 spiro atoms. The summed E-state index contributed by atoms with van der Waals surface area (Å²) in [5, 5.41) is 0. The molecule has 0 saturated carbocycles. The molecule has 19 nitrogen and oxygen atoms in total. The number of hydrogen-bond donors (Lipinski definition) is 4. The van der Waals surface area contributed by atoms with Gasteiger partial charge in [-0.15, -0.1) is 0 Å². The first-order valence-electron chi connectivity index (χ1n) is 13.2. The van der Waals surface area contributed by atoms with E-state index in [0.29, 0.717) is 0 Å². The Morgan fingerprint density at radius 1 is 1.02 bits per heavy atom. The fourth-order valence-electron chi connectivity index (χ4n) is 5.14. The van der Waals surface area contributed by atoms with Gasteiger partial charge in [0.1, 0.15) is 36.3 Å². The highest BCUT2D eigenvalue weighted by atomic mass is 32.1. The highest BCUT2D eigenvalue weighted by molar-refractivity contribution is 7.80. The van der Waals surface area contributed by atoms with E-state index in [2.05, 4.69) is 42.5 Å². The predicted molar refractivity (Wildman–Crippen MR) is 156 cm³/mol. The summed E-state index contributed by atoms with van der Waals surface area (Å²) < 4.78 is 91.0. The first kappa shape index (κ1) is 32.8. The molecule has 6 heterocycles. The molecule has 5 N–H and O–H groups in total. The van der Waals surface area contributed by atoms with Crippen molar-refractivity contribution < 1.29 is 45.7 Å². The van der Waals surface area contributed by atoms with Crippen molar-refractivity contribution >= 4 is 70.4 Å². The third-order valence-electron chi connectivity index (χ3n) is 7.15. The van der Waals surface area contributed by atoms with E-state index >= 15 is 8.78 Å². The lowest BCUT2D eigenvalue weighted by atomic mass is 10.1. The topological polar surface area (TPSA) is 249 Å². The number of nitrogens with one attached hydrogen (secondary N) is 1. The average Bonchev–Trinajstić information content (AvgIpc) is 3.77. The number of ether oxygens (including phenoxy) is 3. The van der Waals surface area contributed by atoms with Gasteiger partial charge in [0.15, 0.2) is 47.4 Å². The van der Waals surface area contributed by atoms with Crippen molar-refractivity contribution in [2.75, 3.05) is 30.6 Å². The van der Waals surface area contributed by atoms with Crippen LogP contribution in [0.3, 0.4) is 0 Å². The van der Waals surface area contributed by atoms with Gasteiger partial charge in [-0.05, 0) is 0 Å². The van der Waals surface area contributed by atoms with Crippen LogP contribution in [-0.2, 0) is 36.9 Å². The molecule has 2 fully saturated rings. The largest absolute Gasteiger partial charge is 0.382 e. The van der Waals surface area contributed by atoms with Crippen LogP contribution >= 0.6 is 28.8 Å². The lowest BCUT2D eigenvalue weighted by molar-refractivity contribution is -0.0567. The number of halogens is 2. The minimum absolute atomic E-state index is 0.0433. The summed E-state index contributed by atoms with van der Waals surface area (Å²) in [5.74, 6) is -0.288. The Morgan fingerprint density at radius 2 is 1.67 bits per heavy atom. The van der Waals surface area contributed by atoms with Crippen molar-refractivity contribution in [2.45, 2.75) is 49.2 Å². The Hall–Kier alpha value is -3.14. The molecule has 2 radical (unpaired) electrons. The summed E-state index contributed by atoms with van der Waals surface area (Å²) in [7, 11) is 0.289. The number of alkyl halides is 2. The Labute approximate surface area is 264 Å². The minimum Gasteiger partial charge on any atom is -0.382 e. The summed E-state index contributed by atoms with van der Waals surface area (Å²) in [6.45, 7) is -0.991. The highest BCUT2D eigenvalue weighted by Crippen LogP contribution is 2.50. The second-order valence-corrected chi connectivity index (χ2v) is 12.1. The lowest BCUT2D eigenvalue weighted by Crippen LogP contribution is -2.35. The van der Waals surface area contributed by atoms with Crippen molar-refractivity contribution in [3.63, 3.8) is 0 Å². The van der Waals surface area contributed by atoms with Gasteiger partial charge < -0.3 is 34.7 Å². The van der Waals surface area contributed by atoms with Crippen LogP contribution < -0.4 is 17.0 Å². The number of rotatable bonds is 12. The zero-order valence-electron chi connectivity index (χ0n) is 23.1. The Morgan fingerprint density at radius 3 is 2.37 bits per heavy atom. The van der Waals surface area contributed by atoms with Gasteiger partial charge in [-0.25, -0.2) is 33.3 Å². The van der Waals surface area contributed by atoms with Crippen molar-refractivity contribution in [3.8, 4) is 0 Å². The van der Waals surface area contributed by atoms with Gasteiger partial charge in [-0.2, -0.15) is 17.6 Å². The number of fused-ring (bicyclic) bond motifs is 2. The van der Waals surface area contributed by atoms with Gasteiger partial charge in [0.25, 0.3) is 13.0 Å². The van der Waals surface area contributed by atoms with Gasteiger partial charge >= 0.3 is 8.69 Å². The van der Waals surface area contributed by atoms with Crippen molar-refractivity contribution in [3.05, 3.63) is 29.3 Å². The normalized spacial score (nSPS) is 29.6.